The number of carbonyl (C=O) groups excluding carboxylic acids is 2. The lowest BCUT2D eigenvalue weighted by Crippen LogP contribution is -2.12. The number of anilines is 2. The number of methoxy groups -OCH3 is 2. The molecule has 7 nitrogen and oxygen atoms in total. The van der Waals surface area contributed by atoms with Gasteiger partial charge in [0.15, 0.2) is 0 Å². The molecule has 0 saturated heterocycles. The molecule has 21 heavy (non-hydrogen) atoms. The first-order chi connectivity index (χ1) is 10.1. The number of nitrogens with one attached hydrogen (secondary N) is 1. The van der Waals surface area contributed by atoms with Crippen molar-refractivity contribution in [3.05, 3.63) is 10.4 Å². The highest BCUT2D eigenvalue weighted by molar-refractivity contribution is 7.19. The van der Waals surface area contributed by atoms with Crippen LogP contribution in [0.25, 0.3) is 0 Å². The van der Waals surface area contributed by atoms with Crippen LogP contribution in [0.2, 0.25) is 0 Å². The van der Waals surface area contributed by atoms with Crippen LogP contribution in [0.15, 0.2) is 0 Å². The fourth-order valence-electron chi connectivity index (χ4n) is 1.64. The maximum absolute atomic E-state index is 12.0. The van der Waals surface area contributed by atoms with E-state index in [0.29, 0.717) is 18.2 Å². The fraction of sp³-hybridized carbons (Fsp3) is 0.538. The molecule has 0 aliphatic rings. The van der Waals surface area contributed by atoms with E-state index in [1.165, 1.54) is 7.11 Å². The molecule has 0 fully saturated rings. The van der Waals surface area contributed by atoms with Crippen LogP contribution < -0.4 is 11.1 Å². The summed E-state index contributed by atoms with van der Waals surface area (Å²) in [7, 11) is 2.87. The van der Waals surface area contributed by atoms with Crippen LogP contribution >= 0.6 is 11.3 Å². The predicted molar refractivity (Wildman–Crippen MR) is 81.0 cm³/mol. The van der Waals surface area contributed by atoms with Crippen molar-refractivity contribution in [1.29, 1.82) is 0 Å². The number of hydrogen-bond acceptors (Lipinski definition) is 8. The first kappa shape index (κ1) is 17.3. The number of hydrogen-bond donors (Lipinski definition) is 2. The lowest BCUT2D eigenvalue weighted by molar-refractivity contribution is 0.0529. The van der Waals surface area contributed by atoms with Crippen molar-refractivity contribution in [3.8, 4) is 0 Å². The third-order valence-corrected chi connectivity index (χ3v) is 3.75. The SMILES string of the molecule is CCOC(=O)c1c(NCCCOC)sc(C(=O)OC)c1N. The Hall–Kier alpha value is -1.80. The summed E-state index contributed by atoms with van der Waals surface area (Å²) in [4.78, 5) is 23.8. The number of thiophene rings is 1. The highest BCUT2D eigenvalue weighted by Crippen LogP contribution is 2.36. The molecule has 1 heterocycles. The van der Waals surface area contributed by atoms with Crippen LogP contribution in [0.3, 0.4) is 0 Å². The van der Waals surface area contributed by atoms with Gasteiger partial charge in [-0.15, -0.1) is 11.3 Å². The zero-order valence-electron chi connectivity index (χ0n) is 12.4. The Bertz CT molecular complexity index is 501. The molecule has 0 amide bonds. The number of ether oxygens (including phenoxy) is 3. The number of rotatable bonds is 8. The van der Waals surface area contributed by atoms with Crippen LogP contribution in [-0.2, 0) is 14.2 Å². The van der Waals surface area contributed by atoms with Gasteiger partial charge in [0.1, 0.15) is 15.4 Å². The van der Waals surface area contributed by atoms with E-state index < -0.39 is 11.9 Å². The normalized spacial score (nSPS) is 10.2. The van der Waals surface area contributed by atoms with E-state index in [2.05, 4.69) is 10.1 Å². The summed E-state index contributed by atoms with van der Waals surface area (Å²) < 4.78 is 14.6. The van der Waals surface area contributed by atoms with Gasteiger partial charge in [-0.3, -0.25) is 0 Å². The van der Waals surface area contributed by atoms with E-state index in [1.54, 1.807) is 14.0 Å². The molecule has 1 aromatic heterocycles. The zero-order valence-corrected chi connectivity index (χ0v) is 13.2. The molecule has 0 aliphatic heterocycles. The molecule has 0 bridgehead atoms. The number of nitrogen functional groups attached to an aromatic ring is 1. The molecule has 0 aliphatic carbocycles. The van der Waals surface area contributed by atoms with Crippen molar-refractivity contribution in [2.45, 2.75) is 13.3 Å². The topological polar surface area (TPSA) is 99.9 Å². The van der Waals surface area contributed by atoms with Gasteiger partial charge in [0.05, 0.1) is 19.4 Å². The van der Waals surface area contributed by atoms with Crippen LogP contribution in [0, 0.1) is 0 Å². The smallest absolute Gasteiger partial charge is 0.350 e. The third kappa shape index (κ3) is 4.33. The van der Waals surface area contributed by atoms with Gasteiger partial charge in [0.2, 0.25) is 0 Å². The Labute approximate surface area is 127 Å². The van der Waals surface area contributed by atoms with E-state index in [4.69, 9.17) is 15.2 Å². The summed E-state index contributed by atoms with van der Waals surface area (Å²) in [6.07, 6.45) is 0.754. The molecular formula is C13H20N2O5S. The molecule has 0 saturated carbocycles. The Balaban J connectivity index is 3.02. The zero-order chi connectivity index (χ0) is 15.8. The van der Waals surface area contributed by atoms with Crippen LogP contribution in [0.4, 0.5) is 10.7 Å². The van der Waals surface area contributed by atoms with Crippen LogP contribution in [0.5, 0.6) is 0 Å². The van der Waals surface area contributed by atoms with Crippen molar-refractivity contribution < 1.29 is 23.8 Å². The first-order valence-corrected chi connectivity index (χ1v) is 7.28. The minimum atomic E-state index is -0.576. The molecule has 1 aromatic rings. The Kier molecular flexibility index (Phi) is 6.97. The maximum atomic E-state index is 12.0. The summed E-state index contributed by atoms with van der Waals surface area (Å²) in [5.41, 5.74) is 6.15. The van der Waals surface area contributed by atoms with Crippen molar-refractivity contribution in [2.24, 2.45) is 0 Å². The van der Waals surface area contributed by atoms with Crippen LogP contribution in [-0.4, -0.2) is 45.9 Å². The second-order valence-electron chi connectivity index (χ2n) is 4.03. The predicted octanol–water partition coefficient (Wildman–Crippen LogP) is 1.74. The van der Waals surface area contributed by atoms with Crippen molar-refractivity contribution in [1.82, 2.24) is 0 Å². The average molecular weight is 316 g/mol. The minimum Gasteiger partial charge on any atom is -0.465 e. The molecule has 118 valence electrons. The number of carbonyl (C=O) groups is 2. The second kappa shape index (κ2) is 8.48. The van der Waals surface area contributed by atoms with Gasteiger partial charge in [-0.25, -0.2) is 9.59 Å². The molecule has 0 unspecified atom stereocenters. The lowest BCUT2D eigenvalue weighted by atomic mass is 10.2. The van der Waals surface area contributed by atoms with Gasteiger partial charge in [-0.2, -0.15) is 0 Å². The summed E-state index contributed by atoms with van der Waals surface area (Å²) >= 11 is 1.08. The standard InChI is InChI=1S/C13H20N2O5S/c1-4-20-12(16)8-9(14)10(13(17)19-3)21-11(8)15-6-5-7-18-2/h15H,4-7,14H2,1-3H3. The molecule has 1 rings (SSSR count). The lowest BCUT2D eigenvalue weighted by Gasteiger charge is -2.07. The summed E-state index contributed by atoms with van der Waals surface area (Å²) in [5, 5.41) is 3.58. The van der Waals surface area contributed by atoms with Gasteiger partial charge < -0.3 is 25.3 Å². The van der Waals surface area contributed by atoms with Gasteiger partial charge in [-0.1, -0.05) is 0 Å². The number of esters is 2. The van der Waals surface area contributed by atoms with Crippen LogP contribution in [0.1, 0.15) is 33.4 Å². The largest absolute Gasteiger partial charge is 0.465 e. The van der Waals surface area contributed by atoms with E-state index in [-0.39, 0.29) is 22.7 Å². The molecule has 0 spiro atoms. The van der Waals surface area contributed by atoms with Crippen molar-refractivity contribution in [2.75, 3.05) is 45.0 Å². The first-order valence-electron chi connectivity index (χ1n) is 6.47. The fourth-order valence-corrected chi connectivity index (χ4v) is 2.69. The van der Waals surface area contributed by atoms with Crippen molar-refractivity contribution in [3.63, 3.8) is 0 Å². The monoisotopic (exact) mass is 316 g/mol. The maximum Gasteiger partial charge on any atom is 0.350 e. The molecule has 3 N–H and O–H groups in total. The summed E-state index contributed by atoms with van der Waals surface area (Å²) in [6, 6.07) is 0. The highest BCUT2D eigenvalue weighted by Gasteiger charge is 2.26. The summed E-state index contributed by atoms with van der Waals surface area (Å²) in [6.45, 7) is 3.10. The van der Waals surface area contributed by atoms with E-state index in [9.17, 15) is 9.59 Å². The molecular weight excluding hydrogens is 296 g/mol. The summed E-state index contributed by atoms with van der Waals surface area (Å²) in [5.74, 6) is -1.14. The Morgan fingerprint density at radius 3 is 2.57 bits per heavy atom. The molecule has 0 radical (unpaired) electrons. The average Bonchev–Trinajstić information content (AvgIpc) is 2.80. The molecule has 0 atom stereocenters. The second-order valence-corrected chi connectivity index (χ2v) is 5.05. The van der Waals surface area contributed by atoms with Crippen molar-refractivity contribution >= 4 is 34.0 Å². The van der Waals surface area contributed by atoms with E-state index in [0.717, 1.165) is 17.8 Å². The van der Waals surface area contributed by atoms with Gasteiger partial charge >= 0.3 is 11.9 Å². The quantitative estimate of drug-likeness (QED) is 0.556. The van der Waals surface area contributed by atoms with Gasteiger partial charge in [0.25, 0.3) is 0 Å². The molecule has 8 heteroatoms. The highest BCUT2D eigenvalue weighted by atomic mass is 32.1. The number of nitrogens with two attached hydrogens (primary N) is 1. The Morgan fingerprint density at radius 1 is 1.29 bits per heavy atom. The van der Waals surface area contributed by atoms with E-state index >= 15 is 0 Å². The third-order valence-electron chi connectivity index (χ3n) is 2.61. The van der Waals surface area contributed by atoms with E-state index in [1.807, 2.05) is 0 Å². The Morgan fingerprint density at radius 2 is 2.00 bits per heavy atom. The minimum absolute atomic E-state index is 0.0829. The van der Waals surface area contributed by atoms with Gasteiger partial charge in [-0.05, 0) is 13.3 Å². The van der Waals surface area contributed by atoms with Gasteiger partial charge in [0, 0.05) is 20.3 Å². The molecule has 0 aromatic carbocycles.